The molecule has 6 nitrogen and oxygen atoms in total. The molecule has 2 aromatic rings. The molecule has 2 aromatic carbocycles. The van der Waals surface area contributed by atoms with Gasteiger partial charge in [-0.25, -0.2) is 13.4 Å². The van der Waals surface area contributed by atoms with Gasteiger partial charge in [-0.1, -0.05) is 43.3 Å². The highest BCUT2D eigenvalue weighted by Gasteiger charge is 2.21. The second-order valence-electron chi connectivity index (χ2n) is 6.87. The van der Waals surface area contributed by atoms with Gasteiger partial charge in [0.15, 0.2) is 6.23 Å². The second-order valence-corrected chi connectivity index (χ2v) is 8.97. The van der Waals surface area contributed by atoms with E-state index in [1.165, 1.54) is 0 Å². The Morgan fingerprint density at radius 2 is 1.79 bits per heavy atom. The predicted molar refractivity (Wildman–Crippen MR) is 121 cm³/mol. The van der Waals surface area contributed by atoms with Gasteiger partial charge >= 0.3 is 0 Å². The molecule has 0 spiro atoms. The largest absolute Gasteiger partial charge is 0.474 e. The average Bonchev–Trinajstić information content (AvgIpc) is 2.67. The molecule has 2 rings (SSSR count). The van der Waals surface area contributed by atoms with E-state index in [-0.39, 0.29) is 4.90 Å². The zero-order valence-electron chi connectivity index (χ0n) is 17.1. The predicted octanol–water partition coefficient (Wildman–Crippen LogP) is 3.74. The van der Waals surface area contributed by atoms with Crippen LogP contribution in [-0.4, -0.2) is 45.0 Å². The van der Waals surface area contributed by atoms with Crippen LogP contribution in [0.4, 0.5) is 0 Å². The van der Waals surface area contributed by atoms with Crippen molar-refractivity contribution in [2.75, 3.05) is 14.1 Å². The fourth-order valence-corrected chi connectivity index (χ4v) is 3.77. The lowest BCUT2D eigenvalue weighted by molar-refractivity contribution is 0.179. The minimum absolute atomic E-state index is 0.215. The molecule has 0 amide bonds. The van der Waals surface area contributed by atoms with Gasteiger partial charge in [0.1, 0.15) is 10.7 Å². The molecule has 1 atom stereocenters. The Balaban J connectivity index is 2.10. The van der Waals surface area contributed by atoms with Crippen molar-refractivity contribution in [1.82, 2.24) is 9.62 Å². The lowest BCUT2D eigenvalue weighted by Gasteiger charge is -2.20. The van der Waals surface area contributed by atoms with Crippen LogP contribution in [0.15, 0.2) is 58.4 Å². The molecule has 156 valence electrons. The van der Waals surface area contributed by atoms with Crippen molar-refractivity contribution in [2.45, 2.75) is 37.8 Å². The van der Waals surface area contributed by atoms with E-state index in [1.54, 1.807) is 47.6 Å². The number of hydrogen-bond acceptors (Lipinski definition) is 4. The zero-order chi connectivity index (χ0) is 21.4. The number of aryl methyl sites for hydroxylation is 1. The SMILES string of the molecule is CCCC(NS(=O)(=O)c1ccc(C)cc1)Oc1ccc(C(=S)/N=C\N(C)C)cc1. The van der Waals surface area contributed by atoms with E-state index in [4.69, 9.17) is 17.0 Å². The molecule has 0 aliphatic rings. The second kappa shape index (κ2) is 10.5. The van der Waals surface area contributed by atoms with E-state index in [9.17, 15) is 8.42 Å². The minimum atomic E-state index is -3.68. The molecule has 8 heteroatoms. The summed E-state index contributed by atoms with van der Waals surface area (Å²) in [4.78, 5) is 6.69. The third kappa shape index (κ3) is 7.23. The van der Waals surface area contributed by atoms with Gasteiger partial charge in [0, 0.05) is 19.7 Å². The Morgan fingerprint density at radius 3 is 2.34 bits per heavy atom. The zero-order valence-corrected chi connectivity index (χ0v) is 18.8. The van der Waals surface area contributed by atoms with E-state index < -0.39 is 16.3 Å². The van der Waals surface area contributed by atoms with Crippen LogP contribution >= 0.6 is 12.2 Å². The molecule has 0 bridgehead atoms. The minimum Gasteiger partial charge on any atom is -0.474 e. The number of rotatable bonds is 9. The van der Waals surface area contributed by atoms with Crippen LogP contribution in [0.1, 0.15) is 30.9 Å². The van der Waals surface area contributed by atoms with Crippen LogP contribution < -0.4 is 9.46 Å². The Bertz CT molecular complexity index is 938. The third-order valence-electron chi connectivity index (χ3n) is 3.95. The molecule has 0 aromatic heterocycles. The summed E-state index contributed by atoms with van der Waals surface area (Å²) in [5.74, 6) is 0.554. The normalized spacial score (nSPS) is 12.7. The lowest BCUT2D eigenvalue weighted by Crippen LogP contribution is -2.39. The van der Waals surface area contributed by atoms with Crippen LogP contribution in [0.5, 0.6) is 5.75 Å². The molecule has 0 heterocycles. The van der Waals surface area contributed by atoms with Crippen molar-refractivity contribution in [3.05, 3.63) is 59.7 Å². The fourth-order valence-electron chi connectivity index (χ4n) is 2.45. The first-order valence-electron chi connectivity index (χ1n) is 9.32. The van der Waals surface area contributed by atoms with Gasteiger partial charge in [0.2, 0.25) is 10.0 Å². The Morgan fingerprint density at radius 1 is 1.17 bits per heavy atom. The summed E-state index contributed by atoms with van der Waals surface area (Å²) < 4.78 is 33.9. The Labute approximate surface area is 178 Å². The highest BCUT2D eigenvalue weighted by molar-refractivity contribution is 7.89. The van der Waals surface area contributed by atoms with E-state index >= 15 is 0 Å². The summed E-state index contributed by atoms with van der Waals surface area (Å²) in [7, 11) is 0.0640. The first-order valence-corrected chi connectivity index (χ1v) is 11.2. The molecule has 0 saturated heterocycles. The van der Waals surface area contributed by atoms with Crippen molar-refractivity contribution in [3.63, 3.8) is 0 Å². The number of nitrogens with one attached hydrogen (secondary N) is 1. The maximum atomic E-state index is 12.7. The van der Waals surface area contributed by atoms with Crippen molar-refractivity contribution < 1.29 is 13.2 Å². The van der Waals surface area contributed by atoms with Gasteiger partial charge in [-0.05, 0) is 49.7 Å². The molecule has 0 aliphatic carbocycles. The van der Waals surface area contributed by atoms with Gasteiger partial charge in [0.05, 0.1) is 11.2 Å². The van der Waals surface area contributed by atoms with E-state index in [0.717, 1.165) is 17.5 Å². The number of hydrogen-bond donors (Lipinski definition) is 1. The summed E-state index contributed by atoms with van der Waals surface area (Å²) >= 11 is 5.29. The fraction of sp³-hybridized carbons (Fsp3) is 0.333. The Kier molecular flexibility index (Phi) is 8.31. The summed E-state index contributed by atoms with van der Waals surface area (Å²) in [6, 6.07) is 13.8. The number of thiocarbonyl (C=S) groups is 1. The summed E-state index contributed by atoms with van der Waals surface area (Å²) in [6.45, 7) is 3.88. The summed E-state index contributed by atoms with van der Waals surface area (Å²) in [5.41, 5.74) is 1.79. The van der Waals surface area contributed by atoms with Crippen molar-refractivity contribution in [1.29, 1.82) is 0 Å². The summed E-state index contributed by atoms with van der Waals surface area (Å²) in [6.07, 6.45) is 2.28. The van der Waals surface area contributed by atoms with Gasteiger partial charge in [-0.15, -0.1) is 0 Å². The van der Waals surface area contributed by atoms with Crippen LogP contribution in [-0.2, 0) is 10.0 Å². The first-order chi connectivity index (χ1) is 13.7. The molecule has 29 heavy (non-hydrogen) atoms. The number of aliphatic imine (C=N–C) groups is 1. The molecular formula is C21H27N3O3S2. The molecule has 0 radical (unpaired) electrons. The molecule has 0 aliphatic heterocycles. The van der Waals surface area contributed by atoms with Crippen molar-refractivity contribution in [3.8, 4) is 5.75 Å². The van der Waals surface area contributed by atoms with Crippen LogP contribution in [0.3, 0.4) is 0 Å². The molecular weight excluding hydrogens is 406 g/mol. The maximum absolute atomic E-state index is 12.7. The van der Waals surface area contributed by atoms with E-state index in [2.05, 4.69) is 9.71 Å². The topological polar surface area (TPSA) is 71.0 Å². The first kappa shape index (κ1) is 23.0. The van der Waals surface area contributed by atoms with Crippen LogP contribution in [0.2, 0.25) is 0 Å². The average molecular weight is 434 g/mol. The quantitative estimate of drug-likeness (QED) is 0.282. The molecule has 0 saturated carbocycles. The van der Waals surface area contributed by atoms with Gasteiger partial charge in [-0.3, -0.25) is 0 Å². The lowest BCUT2D eigenvalue weighted by atomic mass is 10.2. The smallest absolute Gasteiger partial charge is 0.243 e. The molecule has 1 N–H and O–H groups in total. The number of nitrogens with zero attached hydrogens (tertiary/aromatic N) is 2. The Hall–Kier alpha value is -2.29. The standard InChI is InChI=1S/C21H27N3O3S2/c1-5-6-20(23-29(25,26)19-13-7-16(2)8-14-19)27-18-11-9-17(10-12-18)21(28)22-15-24(3)4/h7-15,20,23H,5-6H2,1-4H3/b22-15-. The highest BCUT2D eigenvalue weighted by Crippen LogP contribution is 2.18. The van der Waals surface area contributed by atoms with Crippen molar-refractivity contribution >= 4 is 33.6 Å². The monoisotopic (exact) mass is 433 g/mol. The van der Waals surface area contributed by atoms with Crippen LogP contribution in [0.25, 0.3) is 0 Å². The third-order valence-corrected chi connectivity index (χ3v) is 5.76. The number of sulfonamides is 1. The number of benzene rings is 2. The van der Waals surface area contributed by atoms with Gasteiger partial charge in [0.25, 0.3) is 0 Å². The van der Waals surface area contributed by atoms with E-state index in [1.807, 2.05) is 40.1 Å². The number of ether oxygens (including phenoxy) is 1. The molecule has 1 unspecified atom stereocenters. The van der Waals surface area contributed by atoms with E-state index in [0.29, 0.717) is 17.2 Å². The van der Waals surface area contributed by atoms with Crippen LogP contribution in [0, 0.1) is 6.92 Å². The van der Waals surface area contributed by atoms with Gasteiger partial charge in [-0.2, -0.15) is 4.72 Å². The molecule has 0 fully saturated rings. The van der Waals surface area contributed by atoms with Gasteiger partial charge < -0.3 is 9.64 Å². The highest BCUT2D eigenvalue weighted by atomic mass is 32.2. The summed E-state index contributed by atoms with van der Waals surface area (Å²) in [5, 5.41) is 0. The maximum Gasteiger partial charge on any atom is 0.243 e. The van der Waals surface area contributed by atoms with Crippen molar-refractivity contribution in [2.24, 2.45) is 4.99 Å².